The van der Waals surface area contributed by atoms with Gasteiger partial charge in [0.1, 0.15) is 11.5 Å². The van der Waals surface area contributed by atoms with Crippen LogP contribution in [0.15, 0.2) is 42.5 Å². The molecule has 0 saturated carbocycles. The van der Waals surface area contributed by atoms with Crippen molar-refractivity contribution in [2.45, 2.75) is 20.3 Å². The Morgan fingerprint density at radius 2 is 1.54 bits per heavy atom. The molecule has 24 heavy (non-hydrogen) atoms. The van der Waals surface area contributed by atoms with Crippen LogP contribution in [-0.2, 0) is 16.0 Å². The number of phenols is 1. The van der Waals surface area contributed by atoms with E-state index in [4.69, 9.17) is 4.74 Å². The van der Waals surface area contributed by atoms with Gasteiger partial charge in [-0.15, -0.1) is 0 Å². The number of benzene rings is 2. The number of ether oxygens (including phenoxy) is 1. The molecule has 0 spiro atoms. The average Bonchev–Trinajstić information content (AvgIpc) is 2.52. The molecule has 0 atom stereocenters. The van der Waals surface area contributed by atoms with E-state index in [0.717, 1.165) is 16.7 Å². The van der Waals surface area contributed by atoms with E-state index >= 15 is 0 Å². The summed E-state index contributed by atoms with van der Waals surface area (Å²) >= 11 is 0. The maximum Gasteiger partial charge on any atom is 0.276 e. The number of carbonyl (C=O) groups is 2. The summed E-state index contributed by atoms with van der Waals surface area (Å²) in [4.78, 5) is 23.4. The lowest BCUT2D eigenvalue weighted by Gasteiger charge is -2.10. The van der Waals surface area contributed by atoms with E-state index in [9.17, 15) is 14.7 Å². The van der Waals surface area contributed by atoms with Gasteiger partial charge in [0.15, 0.2) is 6.61 Å². The lowest BCUT2D eigenvalue weighted by atomic mass is 10.1. The molecule has 0 aliphatic heterocycles. The zero-order valence-electron chi connectivity index (χ0n) is 13.6. The van der Waals surface area contributed by atoms with Gasteiger partial charge in [-0.25, -0.2) is 0 Å². The maximum absolute atomic E-state index is 11.7. The summed E-state index contributed by atoms with van der Waals surface area (Å²) in [6.45, 7) is 3.70. The monoisotopic (exact) mass is 328 g/mol. The van der Waals surface area contributed by atoms with Gasteiger partial charge in [0, 0.05) is 0 Å². The first-order chi connectivity index (χ1) is 11.4. The number of rotatable bonds is 5. The first-order valence-corrected chi connectivity index (χ1v) is 7.49. The highest BCUT2D eigenvalue weighted by Crippen LogP contribution is 2.15. The number of carbonyl (C=O) groups excluding carboxylic acids is 2. The molecule has 6 nitrogen and oxygen atoms in total. The number of amides is 2. The van der Waals surface area contributed by atoms with E-state index in [-0.39, 0.29) is 24.7 Å². The van der Waals surface area contributed by atoms with Gasteiger partial charge in [0.25, 0.3) is 5.91 Å². The number of aromatic hydroxyl groups is 1. The number of hydrogen-bond donors (Lipinski definition) is 3. The van der Waals surface area contributed by atoms with E-state index < -0.39 is 5.91 Å². The van der Waals surface area contributed by atoms with Crippen molar-refractivity contribution in [3.63, 3.8) is 0 Å². The lowest BCUT2D eigenvalue weighted by molar-refractivity contribution is -0.129. The Hall–Kier alpha value is -3.02. The Balaban J connectivity index is 1.74. The molecule has 3 N–H and O–H groups in total. The molecular weight excluding hydrogens is 308 g/mol. The van der Waals surface area contributed by atoms with Crippen molar-refractivity contribution >= 4 is 11.8 Å². The van der Waals surface area contributed by atoms with Crippen LogP contribution >= 0.6 is 0 Å². The molecule has 6 heteroatoms. The highest BCUT2D eigenvalue weighted by atomic mass is 16.5. The van der Waals surface area contributed by atoms with E-state index in [2.05, 4.69) is 10.9 Å². The molecule has 2 rings (SSSR count). The molecule has 2 aromatic rings. The summed E-state index contributed by atoms with van der Waals surface area (Å²) in [7, 11) is 0. The zero-order chi connectivity index (χ0) is 17.5. The van der Waals surface area contributed by atoms with Gasteiger partial charge in [-0.1, -0.05) is 18.2 Å². The quantitative estimate of drug-likeness (QED) is 0.730. The van der Waals surface area contributed by atoms with Crippen LogP contribution in [0.4, 0.5) is 0 Å². The third kappa shape index (κ3) is 5.64. The fourth-order valence-electron chi connectivity index (χ4n) is 2.18. The van der Waals surface area contributed by atoms with Crippen LogP contribution in [0.25, 0.3) is 0 Å². The van der Waals surface area contributed by atoms with Crippen LogP contribution in [0.2, 0.25) is 0 Å². The molecule has 0 unspecified atom stereocenters. The molecule has 0 radical (unpaired) electrons. The SMILES string of the molecule is Cc1cc(C)cc(OCC(=O)NNC(=O)Cc2ccc(O)cc2)c1. The number of hydrogen-bond acceptors (Lipinski definition) is 4. The van der Waals surface area contributed by atoms with Gasteiger partial charge >= 0.3 is 0 Å². The fraction of sp³-hybridized carbons (Fsp3) is 0.222. The molecule has 126 valence electrons. The van der Waals surface area contributed by atoms with Crippen molar-refractivity contribution in [1.29, 1.82) is 0 Å². The topological polar surface area (TPSA) is 87.7 Å². The predicted molar refractivity (Wildman–Crippen MR) is 89.5 cm³/mol. The van der Waals surface area contributed by atoms with Crippen molar-refractivity contribution in [2.24, 2.45) is 0 Å². The highest BCUT2D eigenvalue weighted by Gasteiger charge is 2.07. The van der Waals surface area contributed by atoms with E-state index in [1.807, 2.05) is 32.0 Å². The minimum Gasteiger partial charge on any atom is -0.508 e. The summed E-state index contributed by atoms with van der Waals surface area (Å²) in [5, 5.41) is 9.18. The molecule has 0 fully saturated rings. The van der Waals surface area contributed by atoms with E-state index in [1.54, 1.807) is 12.1 Å². The molecule has 2 amide bonds. The smallest absolute Gasteiger partial charge is 0.276 e. The standard InChI is InChI=1S/C18H20N2O4/c1-12-7-13(2)9-16(8-12)24-11-18(23)20-19-17(22)10-14-3-5-15(21)6-4-14/h3-9,21H,10-11H2,1-2H3,(H,19,22)(H,20,23). The van der Waals surface area contributed by atoms with Crippen molar-refractivity contribution in [1.82, 2.24) is 10.9 Å². The third-order valence-electron chi connectivity index (χ3n) is 3.21. The van der Waals surface area contributed by atoms with Crippen molar-refractivity contribution < 1.29 is 19.4 Å². The predicted octanol–water partition coefficient (Wildman–Crippen LogP) is 1.78. The van der Waals surface area contributed by atoms with Crippen LogP contribution in [0, 0.1) is 13.8 Å². The molecule has 0 saturated heterocycles. The largest absolute Gasteiger partial charge is 0.508 e. The van der Waals surface area contributed by atoms with Crippen molar-refractivity contribution in [2.75, 3.05) is 6.61 Å². The normalized spacial score (nSPS) is 10.1. The lowest BCUT2D eigenvalue weighted by Crippen LogP contribution is -2.44. The number of phenolic OH excluding ortho intramolecular Hbond substituents is 1. The number of nitrogens with one attached hydrogen (secondary N) is 2. The molecular formula is C18H20N2O4. The molecule has 0 aromatic heterocycles. The van der Waals surface area contributed by atoms with Crippen molar-refractivity contribution in [3.8, 4) is 11.5 Å². The van der Waals surface area contributed by atoms with E-state index in [1.165, 1.54) is 12.1 Å². The molecule has 0 aliphatic rings. The Morgan fingerprint density at radius 3 is 2.17 bits per heavy atom. The summed E-state index contributed by atoms with van der Waals surface area (Å²) in [6, 6.07) is 12.0. The summed E-state index contributed by atoms with van der Waals surface area (Å²) < 4.78 is 5.40. The van der Waals surface area contributed by atoms with Crippen molar-refractivity contribution in [3.05, 3.63) is 59.2 Å². The van der Waals surface area contributed by atoms with Gasteiger partial charge in [-0.05, 0) is 54.8 Å². The number of hydrazine groups is 1. The first-order valence-electron chi connectivity index (χ1n) is 7.49. The van der Waals surface area contributed by atoms with Crippen LogP contribution in [0.1, 0.15) is 16.7 Å². The fourth-order valence-corrected chi connectivity index (χ4v) is 2.18. The summed E-state index contributed by atoms with van der Waals surface area (Å²) in [5.74, 6) is -0.0669. The van der Waals surface area contributed by atoms with Gasteiger partial charge in [-0.3, -0.25) is 20.4 Å². The molecule has 2 aromatic carbocycles. The maximum atomic E-state index is 11.7. The minimum atomic E-state index is -0.451. The second-order valence-corrected chi connectivity index (χ2v) is 5.55. The summed E-state index contributed by atoms with van der Waals surface area (Å²) in [5.41, 5.74) is 7.45. The molecule has 0 bridgehead atoms. The van der Waals surface area contributed by atoms with Gasteiger partial charge in [-0.2, -0.15) is 0 Å². The average molecular weight is 328 g/mol. The second-order valence-electron chi connectivity index (χ2n) is 5.55. The first kappa shape index (κ1) is 17.3. The van der Waals surface area contributed by atoms with Gasteiger partial charge in [0.2, 0.25) is 5.91 Å². The molecule has 0 heterocycles. The third-order valence-corrected chi connectivity index (χ3v) is 3.21. The molecule has 0 aliphatic carbocycles. The Labute approximate surface area is 140 Å². The van der Waals surface area contributed by atoms with E-state index in [0.29, 0.717) is 5.75 Å². The van der Waals surface area contributed by atoms with Crippen LogP contribution < -0.4 is 15.6 Å². The van der Waals surface area contributed by atoms with Crippen LogP contribution in [-0.4, -0.2) is 23.5 Å². The van der Waals surface area contributed by atoms with Gasteiger partial charge < -0.3 is 9.84 Å². The van der Waals surface area contributed by atoms with Crippen LogP contribution in [0.3, 0.4) is 0 Å². The minimum absolute atomic E-state index is 0.0957. The highest BCUT2D eigenvalue weighted by molar-refractivity contribution is 5.83. The Morgan fingerprint density at radius 1 is 0.958 bits per heavy atom. The second kappa shape index (κ2) is 8.01. The van der Waals surface area contributed by atoms with Gasteiger partial charge in [0.05, 0.1) is 6.42 Å². The van der Waals surface area contributed by atoms with Crippen LogP contribution in [0.5, 0.6) is 11.5 Å². The Kier molecular flexibility index (Phi) is 5.78. The Bertz CT molecular complexity index is 706. The summed E-state index contributed by atoms with van der Waals surface area (Å²) in [6.07, 6.45) is 0.0957. The number of aryl methyl sites for hydroxylation is 2. The zero-order valence-corrected chi connectivity index (χ0v) is 13.6.